The van der Waals surface area contributed by atoms with Crippen LogP contribution in [0.3, 0.4) is 0 Å². The molecule has 0 fully saturated rings. The van der Waals surface area contributed by atoms with Gasteiger partial charge in [0.15, 0.2) is 0 Å². The van der Waals surface area contributed by atoms with Crippen LogP contribution in [-0.4, -0.2) is 0 Å². The third-order valence-electron chi connectivity index (χ3n) is 2.77. The van der Waals surface area contributed by atoms with Gasteiger partial charge < -0.3 is 5.73 Å². The van der Waals surface area contributed by atoms with Crippen molar-refractivity contribution in [1.82, 2.24) is 0 Å². The van der Waals surface area contributed by atoms with E-state index in [1.54, 1.807) is 17.4 Å². The quantitative estimate of drug-likeness (QED) is 0.779. The van der Waals surface area contributed by atoms with Gasteiger partial charge in [0.2, 0.25) is 0 Å². The zero-order valence-electron chi connectivity index (χ0n) is 10.8. The third-order valence-corrected chi connectivity index (χ3v) is 4.32. The highest BCUT2D eigenvalue weighted by molar-refractivity contribution is 7.15. The minimum absolute atomic E-state index is 0.142. The Morgan fingerprint density at radius 1 is 1.17 bits per heavy atom. The van der Waals surface area contributed by atoms with Crippen LogP contribution in [0.25, 0.3) is 10.4 Å². The van der Waals surface area contributed by atoms with Gasteiger partial charge in [0.1, 0.15) is 0 Å². The lowest BCUT2D eigenvalue weighted by Crippen LogP contribution is -2.07. The van der Waals surface area contributed by atoms with Crippen molar-refractivity contribution in [3.63, 3.8) is 0 Å². The zero-order valence-corrected chi connectivity index (χ0v) is 11.6. The summed E-state index contributed by atoms with van der Waals surface area (Å²) >= 11 is 1.74. The number of nitriles is 1. The molecule has 2 rings (SSSR count). The number of nitrogens with zero attached hydrogens (tertiary/aromatic N) is 1. The molecule has 0 aliphatic carbocycles. The Bertz CT molecular complexity index is 612. The lowest BCUT2D eigenvalue weighted by atomic mass is 9.95. The largest absolute Gasteiger partial charge is 0.399 e. The molecule has 1 aromatic heterocycles. The van der Waals surface area contributed by atoms with Gasteiger partial charge in [0.25, 0.3) is 0 Å². The monoisotopic (exact) mass is 256 g/mol. The Morgan fingerprint density at radius 3 is 2.44 bits per heavy atom. The second kappa shape index (κ2) is 4.47. The second-order valence-electron chi connectivity index (χ2n) is 5.33. The second-order valence-corrected chi connectivity index (χ2v) is 6.41. The fourth-order valence-electron chi connectivity index (χ4n) is 1.75. The molecule has 18 heavy (non-hydrogen) atoms. The summed E-state index contributed by atoms with van der Waals surface area (Å²) in [5.41, 5.74) is 8.08. The van der Waals surface area contributed by atoms with E-state index in [9.17, 15) is 0 Å². The molecule has 0 spiro atoms. The number of benzene rings is 1. The number of rotatable bonds is 1. The first-order valence-electron chi connectivity index (χ1n) is 5.82. The molecule has 2 nitrogen and oxygen atoms in total. The van der Waals surface area contributed by atoms with E-state index in [0.717, 1.165) is 10.4 Å². The average molecular weight is 256 g/mol. The maximum absolute atomic E-state index is 9.17. The topological polar surface area (TPSA) is 49.8 Å². The van der Waals surface area contributed by atoms with Crippen LogP contribution in [0.5, 0.6) is 0 Å². The third kappa shape index (κ3) is 2.39. The van der Waals surface area contributed by atoms with Crippen molar-refractivity contribution in [2.75, 3.05) is 5.73 Å². The van der Waals surface area contributed by atoms with Crippen LogP contribution in [0.15, 0.2) is 30.3 Å². The van der Waals surface area contributed by atoms with Crippen LogP contribution in [0.1, 0.15) is 31.2 Å². The number of anilines is 1. The summed E-state index contributed by atoms with van der Waals surface area (Å²) in [6, 6.07) is 11.9. The SMILES string of the molecule is CC(C)(C)c1ccc(-c2ccc(N)cc2C#N)s1. The van der Waals surface area contributed by atoms with E-state index in [1.165, 1.54) is 4.88 Å². The smallest absolute Gasteiger partial charge is 0.0999 e. The van der Waals surface area contributed by atoms with E-state index in [1.807, 2.05) is 12.1 Å². The Balaban J connectivity index is 2.50. The summed E-state index contributed by atoms with van der Waals surface area (Å²) in [5.74, 6) is 0. The van der Waals surface area contributed by atoms with E-state index in [-0.39, 0.29) is 5.41 Å². The van der Waals surface area contributed by atoms with Gasteiger partial charge in [-0.25, -0.2) is 0 Å². The molecule has 0 unspecified atom stereocenters. The Morgan fingerprint density at radius 2 is 1.89 bits per heavy atom. The van der Waals surface area contributed by atoms with Gasteiger partial charge in [-0.3, -0.25) is 0 Å². The molecule has 0 atom stereocenters. The summed E-state index contributed by atoms with van der Waals surface area (Å²) in [5, 5.41) is 9.17. The van der Waals surface area contributed by atoms with Crippen molar-refractivity contribution in [3.05, 3.63) is 40.8 Å². The summed E-state index contributed by atoms with van der Waals surface area (Å²) < 4.78 is 0. The van der Waals surface area contributed by atoms with Gasteiger partial charge in [-0.15, -0.1) is 11.3 Å². The van der Waals surface area contributed by atoms with Crippen molar-refractivity contribution < 1.29 is 0 Å². The molecule has 2 aromatic rings. The molecule has 1 heterocycles. The molecule has 0 saturated heterocycles. The number of thiophene rings is 1. The van der Waals surface area contributed by atoms with Gasteiger partial charge in [-0.2, -0.15) is 5.26 Å². The predicted molar refractivity (Wildman–Crippen MR) is 77.6 cm³/mol. The van der Waals surface area contributed by atoms with Gasteiger partial charge in [-0.05, 0) is 29.7 Å². The van der Waals surface area contributed by atoms with Gasteiger partial charge >= 0.3 is 0 Å². The fraction of sp³-hybridized carbons (Fsp3) is 0.267. The first-order chi connectivity index (χ1) is 8.41. The fourth-order valence-corrected chi connectivity index (χ4v) is 2.86. The minimum Gasteiger partial charge on any atom is -0.399 e. The van der Waals surface area contributed by atoms with Crippen LogP contribution in [0.4, 0.5) is 5.69 Å². The molecule has 0 radical (unpaired) electrons. The summed E-state index contributed by atoms with van der Waals surface area (Å²) in [7, 11) is 0. The molecule has 0 bridgehead atoms. The van der Waals surface area contributed by atoms with Crippen molar-refractivity contribution in [2.45, 2.75) is 26.2 Å². The van der Waals surface area contributed by atoms with Crippen LogP contribution in [0.2, 0.25) is 0 Å². The first-order valence-corrected chi connectivity index (χ1v) is 6.64. The zero-order chi connectivity index (χ0) is 13.3. The average Bonchev–Trinajstić information content (AvgIpc) is 2.77. The molecule has 92 valence electrons. The molecule has 3 heteroatoms. The predicted octanol–water partition coefficient (Wildman–Crippen LogP) is 4.17. The van der Waals surface area contributed by atoms with Crippen LogP contribution >= 0.6 is 11.3 Å². The highest BCUT2D eigenvalue weighted by atomic mass is 32.1. The molecule has 0 aliphatic rings. The van der Waals surface area contributed by atoms with Crippen molar-refractivity contribution in [2.24, 2.45) is 0 Å². The molecule has 0 saturated carbocycles. The molecular formula is C15H16N2S. The Hall–Kier alpha value is -1.79. The number of nitrogen functional groups attached to an aromatic ring is 1. The summed E-state index contributed by atoms with van der Waals surface area (Å²) in [6.07, 6.45) is 0. The summed E-state index contributed by atoms with van der Waals surface area (Å²) in [4.78, 5) is 2.44. The Labute approximate surface area is 112 Å². The molecule has 0 aliphatic heterocycles. The highest BCUT2D eigenvalue weighted by Gasteiger charge is 2.17. The highest BCUT2D eigenvalue weighted by Crippen LogP contribution is 2.36. The normalized spacial score (nSPS) is 11.2. The van der Waals surface area contributed by atoms with Crippen molar-refractivity contribution >= 4 is 17.0 Å². The lowest BCUT2D eigenvalue weighted by Gasteiger charge is -2.15. The van der Waals surface area contributed by atoms with Crippen LogP contribution < -0.4 is 5.73 Å². The van der Waals surface area contributed by atoms with E-state index in [0.29, 0.717) is 11.3 Å². The van der Waals surface area contributed by atoms with E-state index < -0.39 is 0 Å². The molecule has 2 N–H and O–H groups in total. The van der Waals surface area contributed by atoms with Crippen molar-refractivity contribution in [3.8, 4) is 16.5 Å². The van der Waals surface area contributed by atoms with E-state index >= 15 is 0 Å². The van der Waals surface area contributed by atoms with Crippen molar-refractivity contribution in [1.29, 1.82) is 5.26 Å². The number of hydrogen-bond donors (Lipinski definition) is 1. The van der Waals surface area contributed by atoms with Crippen LogP contribution in [-0.2, 0) is 5.41 Å². The minimum atomic E-state index is 0.142. The maximum Gasteiger partial charge on any atom is 0.0999 e. The van der Waals surface area contributed by atoms with Gasteiger partial charge in [-0.1, -0.05) is 26.8 Å². The van der Waals surface area contributed by atoms with Crippen LogP contribution in [0, 0.1) is 11.3 Å². The number of nitrogens with two attached hydrogens (primary N) is 1. The lowest BCUT2D eigenvalue weighted by molar-refractivity contribution is 0.604. The van der Waals surface area contributed by atoms with E-state index in [2.05, 4.69) is 39.0 Å². The standard InChI is InChI=1S/C15H16N2S/c1-15(2,3)14-7-6-13(18-14)12-5-4-11(17)8-10(12)9-16/h4-8H,17H2,1-3H3. The van der Waals surface area contributed by atoms with Gasteiger partial charge in [0.05, 0.1) is 11.6 Å². The molecular weight excluding hydrogens is 240 g/mol. The Kier molecular flexibility index (Phi) is 3.14. The molecule has 0 amide bonds. The number of hydrogen-bond acceptors (Lipinski definition) is 3. The van der Waals surface area contributed by atoms with Gasteiger partial charge in [0, 0.05) is 21.0 Å². The maximum atomic E-state index is 9.17. The molecule has 1 aromatic carbocycles. The summed E-state index contributed by atoms with van der Waals surface area (Å²) in [6.45, 7) is 6.57. The van der Waals surface area contributed by atoms with E-state index in [4.69, 9.17) is 11.0 Å². The first kappa shape index (κ1) is 12.7.